The molecular formula is C13H14FN3. The molecule has 0 saturated carbocycles. The molecule has 3 nitrogen and oxygen atoms in total. The number of aromatic nitrogens is 1. The molecule has 2 aromatic rings. The van der Waals surface area contributed by atoms with Crippen LogP contribution in [-0.2, 0) is 6.54 Å². The van der Waals surface area contributed by atoms with Crippen LogP contribution in [0.15, 0.2) is 42.6 Å². The zero-order valence-corrected chi connectivity index (χ0v) is 9.60. The summed E-state index contributed by atoms with van der Waals surface area (Å²) in [4.78, 5) is 6.19. The first-order valence-corrected chi connectivity index (χ1v) is 5.35. The Balaban J connectivity index is 2.23. The monoisotopic (exact) mass is 231 g/mol. The Morgan fingerprint density at radius 2 is 1.88 bits per heavy atom. The van der Waals surface area contributed by atoms with Gasteiger partial charge in [-0.05, 0) is 35.9 Å². The van der Waals surface area contributed by atoms with Crippen molar-refractivity contribution in [2.75, 3.05) is 11.9 Å². The average Bonchev–Trinajstić information content (AvgIpc) is 2.39. The van der Waals surface area contributed by atoms with Crippen molar-refractivity contribution in [2.45, 2.75) is 6.54 Å². The minimum Gasteiger partial charge on any atom is -0.329 e. The second-order valence-corrected chi connectivity index (χ2v) is 3.76. The van der Waals surface area contributed by atoms with Crippen molar-refractivity contribution in [3.8, 4) is 0 Å². The molecule has 0 amide bonds. The van der Waals surface area contributed by atoms with Crippen LogP contribution >= 0.6 is 0 Å². The Morgan fingerprint density at radius 1 is 1.18 bits per heavy atom. The summed E-state index contributed by atoms with van der Waals surface area (Å²) in [6.07, 6.45) is 1.75. The summed E-state index contributed by atoms with van der Waals surface area (Å²) >= 11 is 0. The first-order chi connectivity index (χ1) is 8.20. The largest absolute Gasteiger partial charge is 0.329 e. The Labute approximate surface area is 99.7 Å². The molecule has 0 spiro atoms. The van der Waals surface area contributed by atoms with Gasteiger partial charge in [0.25, 0.3) is 0 Å². The van der Waals surface area contributed by atoms with E-state index >= 15 is 0 Å². The Morgan fingerprint density at radius 3 is 2.41 bits per heavy atom. The van der Waals surface area contributed by atoms with Crippen LogP contribution in [0.3, 0.4) is 0 Å². The highest BCUT2D eigenvalue weighted by atomic mass is 19.1. The fourth-order valence-corrected chi connectivity index (χ4v) is 1.53. The molecule has 88 valence electrons. The van der Waals surface area contributed by atoms with Gasteiger partial charge in [-0.3, -0.25) is 0 Å². The molecule has 4 heteroatoms. The maximum absolute atomic E-state index is 12.8. The van der Waals surface area contributed by atoms with Gasteiger partial charge in [0.1, 0.15) is 11.6 Å². The third-order valence-electron chi connectivity index (χ3n) is 2.60. The quantitative estimate of drug-likeness (QED) is 0.882. The normalized spacial score (nSPS) is 10.3. The van der Waals surface area contributed by atoms with Gasteiger partial charge < -0.3 is 10.6 Å². The van der Waals surface area contributed by atoms with Gasteiger partial charge in [0, 0.05) is 25.5 Å². The van der Waals surface area contributed by atoms with E-state index in [0.29, 0.717) is 6.54 Å². The van der Waals surface area contributed by atoms with Gasteiger partial charge in [-0.1, -0.05) is 6.07 Å². The molecule has 0 unspecified atom stereocenters. The fourth-order valence-electron chi connectivity index (χ4n) is 1.53. The molecule has 0 atom stereocenters. The maximum atomic E-state index is 12.8. The van der Waals surface area contributed by atoms with Crippen LogP contribution in [0.25, 0.3) is 0 Å². The van der Waals surface area contributed by atoms with Crippen molar-refractivity contribution < 1.29 is 4.39 Å². The third kappa shape index (κ3) is 2.60. The lowest BCUT2D eigenvalue weighted by Gasteiger charge is -2.18. The topological polar surface area (TPSA) is 42.1 Å². The number of hydrogen-bond donors (Lipinski definition) is 1. The van der Waals surface area contributed by atoms with Crippen molar-refractivity contribution in [1.82, 2.24) is 4.98 Å². The van der Waals surface area contributed by atoms with Crippen molar-refractivity contribution in [2.24, 2.45) is 5.73 Å². The SMILES string of the molecule is CN(c1ccc(F)cc1)c1ccc(CN)cn1. The molecule has 17 heavy (non-hydrogen) atoms. The van der Waals surface area contributed by atoms with E-state index < -0.39 is 0 Å². The lowest BCUT2D eigenvalue weighted by atomic mass is 10.2. The lowest BCUT2D eigenvalue weighted by Crippen LogP contribution is -2.11. The van der Waals surface area contributed by atoms with Crippen molar-refractivity contribution >= 4 is 11.5 Å². The second-order valence-electron chi connectivity index (χ2n) is 3.76. The summed E-state index contributed by atoms with van der Waals surface area (Å²) in [5.74, 6) is 0.558. The molecule has 2 N–H and O–H groups in total. The molecule has 1 aromatic carbocycles. The van der Waals surface area contributed by atoms with E-state index in [2.05, 4.69) is 4.98 Å². The molecule has 2 rings (SSSR count). The zero-order valence-electron chi connectivity index (χ0n) is 9.60. The summed E-state index contributed by atoms with van der Waals surface area (Å²) in [5, 5.41) is 0. The van der Waals surface area contributed by atoms with Crippen LogP contribution in [0.2, 0.25) is 0 Å². The van der Waals surface area contributed by atoms with Crippen molar-refractivity contribution in [3.63, 3.8) is 0 Å². The zero-order chi connectivity index (χ0) is 12.3. The summed E-state index contributed by atoms with van der Waals surface area (Å²) in [7, 11) is 1.89. The predicted octanol–water partition coefficient (Wildman–Crippen LogP) is 2.45. The second kappa shape index (κ2) is 4.93. The van der Waals surface area contributed by atoms with Gasteiger partial charge in [-0.15, -0.1) is 0 Å². The number of benzene rings is 1. The van der Waals surface area contributed by atoms with E-state index in [1.807, 2.05) is 24.1 Å². The van der Waals surface area contributed by atoms with Gasteiger partial charge in [0.05, 0.1) is 0 Å². The molecular weight excluding hydrogens is 217 g/mol. The molecule has 0 aliphatic rings. The lowest BCUT2D eigenvalue weighted by molar-refractivity contribution is 0.628. The smallest absolute Gasteiger partial charge is 0.132 e. The van der Waals surface area contributed by atoms with Crippen LogP contribution in [0.4, 0.5) is 15.9 Å². The van der Waals surface area contributed by atoms with Gasteiger partial charge >= 0.3 is 0 Å². The number of anilines is 2. The highest BCUT2D eigenvalue weighted by Crippen LogP contribution is 2.21. The maximum Gasteiger partial charge on any atom is 0.132 e. The van der Waals surface area contributed by atoms with Crippen molar-refractivity contribution in [3.05, 3.63) is 54.0 Å². The predicted molar refractivity (Wildman–Crippen MR) is 66.6 cm³/mol. The fraction of sp³-hybridized carbons (Fsp3) is 0.154. The number of pyridine rings is 1. The standard InChI is InChI=1S/C13H14FN3/c1-17(12-5-3-11(14)4-6-12)13-7-2-10(8-15)9-16-13/h2-7,9H,8,15H2,1H3. The molecule has 0 aliphatic heterocycles. The minimum absolute atomic E-state index is 0.242. The van der Waals surface area contributed by atoms with E-state index in [4.69, 9.17) is 5.73 Å². The van der Waals surface area contributed by atoms with Gasteiger partial charge in [-0.25, -0.2) is 9.37 Å². The van der Waals surface area contributed by atoms with E-state index in [0.717, 1.165) is 17.1 Å². The van der Waals surface area contributed by atoms with Crippen LogP contribution in [-0.4, -0.2) is 12.0 Å². The van der Waals surface area contributed by atoms with E-state index in [-0.39, 0.29) is 5.82 Å². The molecule has 1 aromatic heterocycles. The Kier molecular flexibility index (Phi) is 3.35. The summed E-state index contributed by atoms with van der Waals surface area (Å²) in [6, 6.07) is 10.1. The molecule has 0 aliphatic carbocycles. The molecule has 1 heterocycles. The number of rotatable bonds is 3. The van der Waals surface area contributed by atoms with Crippen LogP contribution in [0.5, 0.6) is 0 Å². The van der Waals surface area contributed by atoms with E-state index in [9.17, 15) is 4.39 Å². The third-order valence-corrected chi connectivity index (χ3v) is 2.60. The molecule has 0 radical (unpaired) electrons. The number of nitrogens with two attached hydrogens (primary N) is 1. The van der Waals surface area contributed by atoms with Crippen LogP contribution in [0.1, 0.15) is 5.56 Å². The number of halogens is 1. The summed E-state index contributed by atoms with van der Waals surface area (Å²) in [5.41, 5.74) is 7.38. The number of nitrogens with zero attached hydrogens (tertiary/aromatic N) is 2. The van der Waals surface area contributed by atoms with Gasteiger partial charge in [0.15, 0.2) is 0 Å². The molecule has 0 saturated heterocycles. The van der Waals surface area contributed by atoms with Gasteiger partial charge in [-0.2, -0.15) is 0 Å². The highest BCUT2D eigenvalue weighted by Gasteiger charge is 2.04. The minimum atomic E-state index is -0.242. The Hall–Kier alpha value is -1.94. The molecule has 0 fully saturated rings. The highest BCUT2D eigenvalue weighted by molar-refractivity contribution is 5.58. The summed E-state index contributed by atoms with van der Waals surface area (Å²) in [6.45, 7) is 0.480. The number of hydrogen-bond acceptors (Lipinski definition) is 3. The van der Waals surface area contributed by atoms with Gasteiger partial charge in [0.2, 0.25) is 0 Å². The first-order valence-electron chi connectivity index (χ1n) is 5.35. The Bertz CT molecular complexity index is 479. The van der Waals surface area contributed by atoms with E-state index in [1.165, 1.54) is 12.1 Å². The first kappa shape index (κ1) is 11.5. The van der Waals surface area contributed by atoms with Crippen molar-refractivity contribution in [1.29, 1.82) is 0 Å². The van der Waals surface area contributed by atoms with Crippen LogP contribution in [0, 0.1) is 5.82 Å². The summed E-state index contributed by atoms with van der Waals surface area (Å²) < 4.78 is 12.8. The molecule has 0 bridgehead atoms. The average molecular weight is 231 g/mol. The van der Waals surface area contributed by atoms with Crippen LogP contribution < -0.4 is 10.6 Å². The van der Waals surface area contributed by atoms with E-state index in [1.54, 1.807) is 18.3 Å².